The van der Waals surface area contributed by atoms with Crippen LogP contribution in [0.2, 0.25) is 0 Å². The lowest BCUT2D eigenvalue weighted by molar-refractivity contribution is 0.0923. The molecule has 6 heteroatoms. The van der Waals surface area contributed by atoms with Crippen LogP contribution >= 0.6 is 0 Å². The van der Waals surface area contributed by atoms with Gasteiger partial charge in [-0.15, -0.1) is 0 Å². The number of carbonyl (C=O) groups is 2. The Morgan fingerprint density at radius 2 is 1.67 bits per heavy atom. The largest absolute Gasteiger partial charge is 0.486 e. The number of furan rings is 1. The first-order valence-electron chi connectivity index (χ1n) is 9.42. The minimum atomic E-state index is -0.538. The number of hydrogen-bond donors (Lipinski definition) is 1. The molecule has 0 bridgehead atoms. The Morgan fingerprint density at radius 3 is 2.47 bits per heavy atom. The van der Waals surface area contributed by atoms with Crippen LogP contribution in [0.4, 0.5) is 0 Å². The summed E-state index contributed by atoms with van der Waals surface area (Å²) < 4.78 is 11.1. The summed E-state index contributed by atoms with van der Waals surface area (Å²) in [6, 6.07) is 23.7. The molecule has 0 saturated heterocycles. The summed E-state index contributed by atoms with van der Waals surface area (Å²) in [4.78, 5) is 25.2. The van der Waals surface area contributed by atoms with E-state index in [4.69, 9.17) is 9.15 Å². The Bertz CT molecular complexity index is 1300. The van der Waals surface area contributed by atoms with Crippen molar-refractivity contribution in [2.75, 3.05) is 0 Å². The lowest BCUT2D eigenvalue weighted by Gasteiger charge is -2.03. The minimum Gasteiger partial charge on any atom is -0.486 e. The fourth-order valence-corrected chi connectivity index (χ4v) is 3.50. The number of hydrogen-bond acceptors (Lipinski definition) is 5. The van der Waals surface area contributed by atoms with Gasteiger partial charge in [0.25, 0.3) is 0 Å². The predicted molar refractivity (Wildman–Crippen MR) is 112 cm³/mol. The number of Topliss-reactive ketones (excluding diaryl/α,β-unsaturated/α-hetero) is 1. The third-order valence-corrected chi connectivity index (χ3v) is 4.90. The Balaban J connectivity index is 1.31. The van der Waals surface area contributed by atoms with Gasteiger partial charge in [0.15, 0.2) is 5.76 Å². The van der Waals surface area contributed by atoms with E-state index < -0.39 is 5.91 Å². The van der Waals surface area contributed by atoms with E-state index in [1.807, 2.05) is 60.7 Å². The van der Waals surface area contributed by atoms with Crippen molar-refractivity contribution in [2.24, 2.45) is 5.10 Å². The smallest absolute Gasteiger partial charge is 0.307 e. The van der Waals surface area contributed by atoms with Crippen LogP contribution in [0.5, 0.6) is 5.75 Å². The molecule has 1 amide bonds. The zero-order valence-electron chi connectivity index (χ0n) is 15.8. The fourth-order valence-electron chi connectivity index (χ4n) is 3.50. The van der Waals surface area contributed by atoms with Crippen LogP contribution in [0.3, 0.4) is 0 Å². The normalized spacial score (nSPS) is 13.7. The molecule has 0 unspecified atom stereocenters. The maximum atomic E-state index is 12.7. The first-order chi connectivity index (χ1) is 14.7. The maximum absolute atomic E-state index is 12.7. The van der Waals surface area contributed by atoms with E-state index in [0.717, 1.165) is 10.8 Å². The number of carbonyl (C=O) groups excluding carboxylic acids is 2. The third-order valence-electron chi connectivity index (χ3n) is 4.90. The SMILES string of the molecule is O=C(N/N=C1\C(=O)c2cccc3cccc1c23)c1ccc(COc2ccccc2)o1. The maximum Gasteiger partial charge on any atom is 0.307 e. The molecule has 146 valence electrons. The van der Waals surface area contributed by atoms with Crippen LogP contribution in [0.15, 0.2) is 88.4 Å². The summed E-state index contributed by atoms with van der Waals surface area (Å²) >= 11 is 0. The molecular weight excluding hydrogens is 380 g/mol. The minimum absolute atomic E-state index is 0.0900. The highest BCUT2D eigenvalue weighted by atomic mass is 16.5. The Labute approximate surface area is 171 Å². The average molecular weight is 396 g/mol. The van der Waals surface area contributed by atoms with Crippen molar-refractivity contribution in [2.45, 2.75) is 6.61 Å². The topological polar surface area (TPSA) is 80.9 Å². The summed E-state index contributed by atoms with van der Waals surface area (Å²) in [6.07, 6.45) is 0. The molecule has 0 radical (unpaired) electrons. The molecule has 5 rings (SSSR count). The first-order valence-corrected chi connectivity index (χ1v) is 9.42. The van der Waals surface area contributed by atoms with E-state index in [-0.39, 0.29) is 23.9 Å². The molecule has 1 aliphatic carbocycles. The fraction of sp³-hybridized carbons (Fsp3) is 0.0417. The molecule has 1 N–H and O–H groups in total. The van der Waals surface area contributed by atoms with E-state index in [0.29, 0.717) is 22.6 Å². The van der Waals surface area contributed by atoms with Crippen LogP contribution < -0.4 is 10.2 Å². The molecule has 3 aromatic carbocycles. The Kier molecular flexibility index (Phi) is 4.37. The van der Waals surface area contributed by atoms with Gasteiger partial charge in [0.1, 0.15) is 23.8 Å². The van der Waals surface area contributed by atoms with Crippen molar-refractivity contribution in [3.63, 3.8) is 0 Å². The third kappa shape index (κ3) is 3.14. The Morgan fingerprint density at radius 1 is 0.900 bits per heavy atom. The number of benzene rings is 3. The molecule has 1 heterocycles. The molecule has 4 aromatic rings. The van der Waals surface area contributed by atoms with Crippen molar-refractivity contribution in [3.8, 4) is 5.75 Å². The van der Waals surface area contributed by atoms with Crippen molar-refractivity contribution in [1.29, 1.82) is 0 Å². The number of ether oxygens (including phenoxy) is 1. The van der Waals surface area contributed by atoms with Crippen LogP contribution in [-0.2, 0) is 6.61 Å². The number of para-hydroxylation sites is 1. The van der Waals surface area contributed by atoms with Crippen molar-refractivity contribution >= 4 is 28.2 Å². The van der Waals surface area contributed by atoms with Crippen LogP contribution in [0, 0.1) is 0 Å². The summed E-state index contributed by atoms with van der Waals surface area (Å²) in [7, 11) is 0. The van der Waals surface area contributed by atoms with Crippen molar-refractivity contribution in [3.05, 3.63) is 102 Å². The van der Waals surface area contributed by atoms with Gasteiger partial charge < -0.3 is 9.15 Å². The quantitative estimate of drug-likeness (QED) is 0.509. The van der Waals surface area contributed by atoms with E-state index in [1.165, 1.54) is 0 Å². The molecule has 30 heavy (non-hydrogen) atoms. The highest BCUT2D eigenvalue weighted by Gasteiger charge is 2.29. The van der Waals surface area contributed by atoms with Gasteiger partial charge in [-0.2, -0.15) is 5.10 Å². The molecule has 1 aromatic heterocycles. The van der Waals surface area contributed by atoms with Gasteiger partial charge in [-0.05, 0) is 29.7 Å². The van der Waals surface area contributed by atoms with Gasteiger partial charge in [-0.1, -0.05) is 54.6 Å². The van der Waals surface area contributed by atoms with Gasteiger partial charge in [0.2, 0.25) is 5.78 Å². The first kappa shape index (κ1) is 17.9. The van der Waals surface area contributed by atoms with E-state index in [1.54, 1.807) is 18.2 Å². The average Bonchev–Trinajstić information content (AvgIpc) is 3.37. The summed E-state index contributed by atoms with van der Waals surface area (Å²) in [5.74, 6) is 0.556. The number of nitrogens with one attached hydrogen (secondary N) is 1. The van der Waals surface area contributed by atoms with E-state index in [9.17, 15) is 9.59 Å². The van der Waals surface area contributed by atoms with Gasteiger partial charge in [-0.3, -0.25) is 9.59 Å². The number of hydrazone groups is 1. The second-order valence-electron chi connectivity index (χ2n) is 6.81. The lowest BCUT2D eigenvalue weighted by atomic mass is 10.1. The van der Waals surface area contributed by atoms with Crippen LogP contribution in [0.25, 0.3) is 10.8 Å². The lowest BCUT2D eigenvalue weighted by Crippen LogP contribution is -2.21. The van der Waals surface area contributed by atoms with Gasteiger partial charge in [0, 0.05) is 16.5 Å². The number of ketones is 1. The zero-order chi connectivity index (χ0) is 20.5. The highest BCUT2D eigenvalue weighted by molar-refractivity contribution is 6.59. The summed E-state index contributed by atoms with van der Waals surface area (Å²) in [5.41, 5.74) is 3.95. The van der Waals surface area contributed by atoms with Crippen molar-refractivity contribution in [1.82, 2.24) is 5.43 Å². The molecule has 0 aliphatic heterocycles. The monoisotopic (exact) mass is 396 g/mol. The zero-order valence-corrected chi connectivity index (χ0v) is 15.8. The Hall–Kier alpha value is -4.19. The summed E-state index contributed by atoms with van der Waals surface area (Å²) in [5, 5.41) is 5.92. The van der Waals surface area contributed by atoms with Gasteiger partial charge in [-0.25, -0.2) is 5.43 Å². The van der Waals surface area contributed by atoms with Crippen molar-refractivity contribution < 1.29 is 18.7 Å². The van der Waals surface area contributed by atoms with Crippen LogP contribution in [-0.4, -0.2) is 17.4 Å². The van der Waals surface area contributed by atoms with Crippen LogP contribution in [0.1, 0.15) is 32.2 Å². The number of rotatable bonds is 5. The predicted octanol–water partition coefficient (Wildman–Crippen LogP) is 4.34. The van der Waals surface area contributed by atoms with Gasteiger partial charge in [0.05, 0.1) is 0 Å². The molecule has 0 atom stereocenters. The molecule has 0 saturated carbocycles. The van der Waals surface area contributed by atoms with Gasteiger partial charge >= 0.3 is 5.91 Å². The molecule has 6 nitrogen and oxygen atoms in total. The molecule has 1 aliphatic rings. The molecule has 0 fully saturated rings. The van der Waals surface area contributed by atoms with E-state index in [2.05, 4.69) is 10.5 Å². The number of amides is 1. The van der Waals surface area contributed by atoms with E-state index >= 15 is 0 Å². The molecule has 0 spiro atoms. The highest BCUT2D eigenvalue weighted by Crippen LogP contribution is 2.30. The standard InChI is InChI=1S/C24H16N2O4/c27-23-19-11-5-7-15-6-4-10-18(21(15)19)22(23)25-26-24(28)20-13-12-17(30-20)14-29-16-8-2-1-3-9-16/h1-13H,14H2,(H,26,28)/b25-22-. The second kappa shape index (κ2) is 7.33. The summed E-state index contributed by atoms with van der Waals surface area (Å²) in [6.45, 7) is 0.196. The second-order valence-corrected chi connectivity index (χ2v) is 6.81. The number of nitrogens with zero attached hydrogens (tertiary/aromatic N) is 1. The molecular formula is C24H16N2O4.